The number of ether oxygens (including phenoxy) is 1. The lowest BCUT2D eigenvalue weighted by atomic mass is 10.1. The highest BCUT2D eigenvalue weighted by Gasteiger charge is 2.16. The number of amides is 1. The lowest BCUT2D eigenvalue weighted by molar-refractivity contribution is -0.386. The minimum atomic E-state index is -0.859. The molecule has 0 heterocycles. The third kappa shape index (κ3) is 4.71. The fraction of sp³-hybridized carbons (Fsp3) is 0.176. The average molecular weight is 397 g/mol. The van der Waals surface area contributed by atoms with Crippen molar-refractivity contribution in [3.8, 4) is 0 Å². The van der Waals surface area contributed by atoms with E-state index < -0.39 is 18.0 Å². The van der Waals surface area contributed by atoms with Gasteiger partial charge in [0.05, 0.1) is 20.2 Å². The van der Waals surface area contributed by atoms with Gasteiger partial charge in [-0.05, 0) is 36.4 Å². The molecule has 1 unspecified atom stereocenters. The molecule has 1 aromatic carbocycles. The number of carbonyl (C=O) groups excluding carboxylic acids is 2. The van der Waals surface area contributed by atoms with Gasteiger partial charge in [0.2, 0.25) is 0 Å². The summed E-state index contributed by atoms with van der Waals surface area (Å²) in [6, 6.07) is 9.88. The Morgan fingerprint density at radius 3 is 2.23 bits per heavy atom. The molecule has 0 fully saturated rings. The van der Waals surface area contributed by atoms with E-state index in [0.29, 0.717) is 15.7 Å². The molecule has 1 aromatic rings. The van der Waals surface area contributed by atoms with Gasteiger partial charge in [-0.25, -0.2) is 0 Å². The molecule has 1 N–H and O–H groups in total. The number of carbonyl (C=O) groups is 2. The van der Waals surface area contributed by atoms with Gasteiger partial charge in [0.25, 0.3) is 11.6 Å². The van der Waals surface area contributed by atoms with Crippen LogP contribution in [0, 0.1) is 20.6 Å². The first kappa shape index (κ1) is 19.7. The second-order valence-electron chi connectivity index (χ2n) is 5.36. The van der Waals surface area contributed by atoms with Crippen molar-refractivity contribution in [1.82, 2.24) is 0 Å². The van der Waals surface area contributed by atoms with Gasteiger partial charge in [0.15, 0.2) is 6.10 Å². The van der Waals surface area contributed by atoms with Crippen LogP contribution in [0.2, 0.25) is 10.0 Å². The number of esters is 1. The number of non-ortho nitro benzene ring substituents is 1. The molecule has 0 spiro atoms. The summed E-state index contributed by atoms with van der Waals surface area (Å²) in [5, 5.41) is 15.2. The molecule has 26 heavy (non-hydrogen) atoms. The van der Waals surface area contributed by atoms with Crippen LogP contribution in [-0.2, 0) is 14.3 Å². The van der Waals surface area contributed by atoms with E-state index in [1.807, 2.05) is 6.07 Å². The molecule has 1 amide bonds. The molecule has 2 aliphatic rings. The summed E-state index contributed by atoms with van der Waals surface area (Å²) in [5.41, 5.74) is 0.746. The maximum absolute atomic E-state index is 11.6. The number of nitro groups is 1. The molecule has 1 atom stereocenters. The number of rotatable bonds is 4. The van der Waals surface area contributed by atoms with Gasteiger partial charge in [-0.3, -0.25) is 19.7 Å². The first-order valence-electron chi connectivity index (χ1n) is 7.41. The van der Waals surface area contributed by atoms with E-state index in [0.717, 1.165) is 10.4 Å². The molecular formula is C17H14Cl2N2O5. The predicted molar refractivity (Wildman–Crippen MR) is 97.1 cm³/mol. The first-order valence-corrected chi connectivity index (χ1v) is 8.16. The fourth-order valence-corrected chi connectivity index (χ4v) is 2.34. The predicted octanol–water partition coefficient (Wildman–Crippen LogP) is 4.08. The van der Waals surface area contributed by atoms with Gasteiger partial charge in [0.1, 0.15) is 0 Å². The van der Waals surface area contributed by atoms with Crippen LogP contribution < -0.4 is 5.32 Å². The summed E-state index contributed by atoms with van der Waals surface area (Å²) in [4.78, 5) is 31.9. The van der Waals surface area contributed by atoms with E-state index in [1.165, 1.54) is 19.9 Å². The normalized spacial score (nSPS) is 11.5. The highest BCUT2D eigenvalue weighted by atomic mass is 35.5. The van der Waals surface area contributed by atoms with Crippen LogP contribution in [0.4, 0.5) is 11.4 Å². The summed E-state index contributed by atoms with van der Waals surface area (Å²) in [7, 11) is 0. The molecule has 0 bridgehead atoms. The largest absolute Gasteiger partial charge is 0.453 e. The van der Waals surface area contributed by atoms with Crippen LogP contribution in [0.5, 0.6) is 0 Å². The number of nitrogens with zero attached hydrogens (tertiary/aromatic N) is 1. The summed E-state index contributed by atoms with van der Waals surface area (Å²) in [5.74, 6) is -0.944. The van der Waals surface area contributed by atoms with Crippen molar-refractivity contribution in [2.75, 3.05) is 5.32 Å². The Labute approximate surface area is 158 Å². The van der Waals surface area contributed by atoms with Crippen molar-refractivity contribution in [2.45, 2.75) is 20.0 Å². The molecular weight excluding hydrogens is 383 g/mol. The van der Waals surface area contributed by atoms with E-state index in [1.54, 1.807) is 24.3 Å². The first-order chi connectivity index (χ1) is 12.2. The standard InChI is InChI=1S/C11H11Cl2NO3.C6H3NO2/c1-6(17-7(2)15)11(16)14-8-3-4-9(12)10(13)5-8;8-7(9)6-3-4-1-2-5(4)6/h3-6H,1-2H3,(H,14,16);1-3H. The Morgan fingerprint density at radius 1 is 1.15 bits per heavy atom. The number of halogens is 2. The zero-order valence-corrected chi connectivity index (χ0v) is 15.3. The lowest BCUT2D eigenvalue weighted by Crippen LogP contribution is -2.29. The molecule has 0 radical (unpaired) electrons. The number of benzene rings is 2. The fourth-order valence-electron chi connectivity index (χ4n) is 2.04. The number of hydrogen-bond donors (Lipinski definition) is 1. The summed E-state index contributed by atoms with van der Waals surface area (Å²) >= 11 is 11.5. The quantitative estimate of drug-likeness (QED) is 0.406. The molecule has 7 nitrogen and oxygen atoms in total. The maximum atomic E-state index is 11.6. The van der Waals surface area contributed by atoms with Gasteiger partial charge in [0, 0.05) is 18.7 Å². The number of nitro benzene ring substituents is 1. The van der Waals surface area contributed by atoms with E-state index in [2.05, 4.69) is 5.32 Å². The summed E-state index contributed by atoms with van der Waals surface area (Å²) < 4.78 is 4.73. The number of nitrogens with one attached hydrogen (secondary N) is 1. The van der Waals surface area contributed by atoms with Crippen molar-refractivity contribution < 1.29 is 19.2 Å². The Kier molecular flexibility index (Phi) is 6.18. The second kappa shape index (κ2) is 8.16. The molecule has 2 aliphatic carbocycles. The average Bonchev–Trinajstić information content (AvgIpc) is 2.53. The van der Waals surface area contributed by atoms with Gasteiger partial charge in [-0.15, -0.1) is 0 Å². The Bertz CT molecular complexity index is 978. The Hall–Kier alpha value is -2.64. The highest BCUT2D eigenvalue weighted by Crippen LogP contribution is 2.25. The molecule has 0 aromatic heterocycles. The second-order valence-corrected chi connectivity index (χ2v) is 6.17. The zero-order chi connectivity index (χ0) is 19.4. The van der Waals surface area contributed by atoms with Crippen molar-refractivity contribution in [3.05, 3.63) is 67.0 Å². The van der Waals surface area contributed by atoms with Crippen molar-refractivity contribution >= 4 is 46.5 Å². The van der Waals surface area contributed by atoms with Crippen LogP contribution in [-0.4, -0.2) is 22.9 Å². The van der Waals surface area contributed by atoms with E-state index >= 15 is 0 Å². The third-order valence-corrected chi connectivity index (χ3v) is 4.14. The third-order valence-electron chi connectivity index (χ3n) is 3.40. The van der Waals surface area contributed by atoms with Crippen LogP contribution in [0.15, 0.2) is 36.4 Å². The summed E-state index contributed by atoms with van der Waals surface area (Å²) in [6.07, 6.45) is -0.859. The molecule has 136 valence electrons. The van der Waals surface area contributed by atoms with Gasteiger partial charge >= 0.3 is 5.97 Å². The van der Waals surface area contributed by atoms with Gasteiger partial charge in [-0.2, -0.15) is 0 Å². The molecule has 0 aliphatic heterocycles. The summed E-state index contributed by atoms with van der Waals surface area (Å²) in [6.45, 7) is 2.72. The zero-order valence-electron chi connectivity index (χ0n) is 13.8. The molecule has 3 rings (SSSR count). The molecule has 0 saturated carbocycles. The van der Waals surface area contributed by atoms with Crippen molar-refractivity contribution in [1.29, 1.82) is 0 Å². The topological polar surface area (TPSA) is 98.5 Å². The van der Waals surface area contributed by atoms with Crippen molar-refractivity contribution in [2.24, 2.45) is 0 Å². The van der Waals surface area contributed by atoms with E-state index in [4.69, 9.17) is 27.9 Å². The Morgan fingerprint density at radius 2 is 1.85 bits per heavy atom. The van der Waals surface area contributed by atoms with Crippen LogP contribution in [0.1, 0.15) is 13.8 Å². The number of hydrogen-bond acceptors (Lipinski definition) is 5. The lowest BCUT2D eigenvalue weighted by Gasteiger charge is -2.12. The SMILES string of the molecule is CC(=O)OC(C)C(=O)Nc1ccc(Cl)c(Cl)c1.O=[N+]([O-])c1cc2ccc1=2. The van der Waals surface area contributed by atoms with Gasteiger partial charge in [-0.1, -0.05) is 29.3 Å². The molecule has 9 heteroatoms. The molecule has 0 saturated heterocycles. The monoisotopic (exact) mass is 396 g/mol. The minimum Gasteiger partial charge on any atom is -0.453 e. The van der Waals surface area contributed by atoms with E-state index in [9.17, 15) is 19.7 Å². The van der Waals surface area contributed by atoms with Crippen LogP contribution in [0.25, 0.3) is 0 Å². The van der Waals surface area contributed by atoms with Crippen LogP contribution in [0.3, 0.4) is 0 Å². The van der Waals surface area contributed by atoms with Crippen LogP contribution >= 0.6 is 23.2 Å². The maximum Gasteiger partial charge on any atom is 0.303 e. The number of anilines is 1. The smallest absolute Gasteiger partial charge is 0.303 e. The Balaban J connectivity index is 0.000000223. The minimum absolute atomic E-state index is 0.257. The van der Waals surface area contributed by atoms with E-state index in [-0.39, 0.29) is 10.6 Å². The van der Waals surface area contributed by atoms with Crippen molar-refractivity contribution in [3.63, 3.8) is 0 Å². The highest BCUT2D eigenvalue weighted by molar-refractivity contribution is 6.42. The van der Waals surface area contributed by atoms with Gasteiger partial charge < -0.3 is 10.1 Å².